The molecule has 7 heteroatoms. The second-order valence-electron chi connectivity index (χ2n) is 4.84. The third-order valence-electron chi connectivity index (χ3n) is 2.22. The average molecular weight is 266 g/mol. The van der Waals surface area contributed by atoms with Crippen molar-refractivity contribution in [3.05, 3.63) is 0 Å². The molecular weight excluding hydrogens is 244 g/mol. The van der Waals surface area contributed by atoms with Crippen molar-refractivity contribution < 1.29 is 17.9 Å². The highest BCUT2D eigenvalue weighted by molar-refractivity contribution is 7.90. The first-order valence-corrected chi connectivity index (χ1v) is 7.13. The Balaban J connectivity index is 4.59. The molecule has 0 radical (unpaired) electrons. The topological polar surface area (TPSA) is 98.5 Å². The molecule has 0 bridgehead atoms. The van der Waals surface area contributed by atoms with Gasteiger partial charge in [-0.3, -0.25) is 4.79 Å². The van der Waals surface area contributed by atoms with Crippen LogP contribution in [-0.4, -0.2) is 39.3 Å². The van der Waals surface area contributed by atoms with Gasteiger partial charge < -0.3 is 10.5 Å². The van der Waals surface area contributed by atoms with Crippen LogP contribution in [0.25, 0.3) is 0 Å². The molecule has 1 atom stereocenters. The fourth-order valence-electron chi connectivity index (χ4n) is 1.19. The number of carbonyl (C=O) groups excluding carboxylic acids is 1. The lowest BCUT2D eigenvalue weighted by atomic mass is 9.88. The summed E-state index contributed by atoms with van der Waals surface area (Å²) in [6.45, 7) is 7.57. The summed E-state index contributed by atoms with van der Waals surface area (Å²) in [5.74, 6) is -1.43. The predicted molar refractivity (Wildman–Crippen MR) is 65.9 cm³/mol. The normalized spacial score (nSPS) is 14.4. The number of carbonyl (C=O) groups is 1. The highest BCUT2D eigenvalue weighted by Crippen LogP contribution is 2.18. The molecule has 0 fully saturated rings. The Morgan fingerprint density at radius 3 is 2.29 bits per heavy atom. The zero-order chi connectivity index (χ0) is 13.7. The second kappa shape index (κ2) is 6.32. The summed E-state index contributed by atoms with van der Waals surface area (Å²) in [7, 11) is -3.70. The van der Waals surface area contributed by atoms with Gasteiger partial charge in [0.25, 0.3) is 0 Å². The van der Waals surface area contributed by atoms with Crippen LogP contribution in [0.1, 0.15) is 27.7 Å². The number of sulfonamides is 1. The molecule has 0 aliphatic carbocycles. The number of nitrogens with two attached hydrogens (primary N) is 1. The number of hydrogen-bond donors (Lipinski definition) is 2. The van der Waals surface area contributed by atoms with Gasteiger partial charge in [-0.1, -0.05) is 20.8 Å². The number of esters is 1. The molecule has 0 saturated heterocycles. The van der Waals surface area contributed by atoms with Gasteiger partial charge in [-0.05, 0) is 12.3 Å². The van der Waals surface area contributed by atoms with Gasteiger partial charge >= 0.3 is 5.97 Å². The molecule has 0 aliphatic heterocycles. The highest BCUT2D eigenvalue weighted by Gasteiger charge is 2.29. The summed E-state index contributed by atoms with van der Waals surface area (Å²) >= 11 is 0. The summed E-state index contributed by atoms with van der Waals surface area (Å²) in [5, 5.41) is 0. The van der Waals surface area contributed by atoms with Crippen molar-refractivity contribution in [1.82, 2.24) is 4.72 Å². The van der Waals surface area contributed by atoms with Crippen LogP contribution in [0.15, 0.2) is 0 Å². The molecule has 0 amide bonds. The maximum Gasteiger partial charge on any atom is 0.322 e. The Kier molecular flexibility index (Phi) is 6.08. The molecule has 0 rings (SSSR count). The maximum atomic E-state index is 11.7. The SMILES string of the molecule is CCOC(=O)CS(=O)(=O)NC(CN)C(C)(C)C. The molecule has 1 unspecified atom stereocenters. The molecule has 0 aliphatic rings. The largest absolute Gasteiger partial charge is 0.465 e. The van der Waals surface area contributed by atoms with Crippen LogP contribution in [-0.2, 0) is 19.6 Å². The van der Waals surface area contributed by atoms with Gasteiger partial charge in [0, 0.05) is 12.6 Å². The van der Waals surface area contributed by atoms with Crippen molar-refractivity contribution in [2.75, 3.05) is 18.9 Å². The van der Waals surface area contributed by atoms with E-state index in [1.54, 1.807) is 6.92 Å². The van der Waals surface area contributed by atoms with Crippen molar-refractivity contribution in [2.24, 2.45) is 11.1 Å². The zero-order valence-electron chi connectivity index (χ0n) is 10.8. The molecule has 6 nitrogen and oxygen atoms in total. The molecule has 0 aromatic carbocycles. The number of ether oxygens (including phenoxy) is 1. The molecule has 102 valence electrons. The van der Waals surface area contributed by atoms with E-state index < -0.39 is 27.8 Å². The predicted octanol–water partition coefficient (Wildman–Crippen LogP) is -0.158. The Bertz CT molecular complexity index is 346. The standard InChI is InChI=1S/C10H22N2O4S/c1-5-16-9(13)7-17(14,15)12-8(6-11)10(2,3)4/h8,12H,5-7,11H2,1-4H3. The van der Waals surface area contributed by atoms with E-state index in [0.717, 1.165) is 0 Å². The monoisotopic (exact) mass is 266 g/mol. The van der Waals surface area contributed by atoms with Crippen molar-refractivity contribution in [3.8, 4) is 0 Å². The fourth-order valence-corrected chi connectivity index (χ4v) is 2.55. The molecular formula is C10H22N2O4S. The third kappa shape index (κ3) is 6.60. The van der Waals surface area contributed by atoms with E-state index in [0.29, 0.717) is 0 Å². The van der Waals surface area contributed by atoms with Gasteiger partial charge in [-0.25, -0.2) is 13.1 Å². The van der Waals surface area contributed by atoms with Crippen LogP contribution in [0, 0.1) is 5.41 Å². The number of hydrogen-bond acceptors (Lipinski definition) is 5. The smallest absolute Gasteiger partial charge is 0.322 e. The molecule has 0 aromatic heterocycles. The minimum Gasteiger partial charge on any atom is -0.465 e. The van der Waals surface area contributed by atoms with E-state index in [-0.39, 0.29) is 18.6 Å². The van der Waals surface area contributed by atoms with Crippen molar-refractivity contribution in [1.29, 1.82) is 0 Å². The van der Waals surface area contributed by atoms with Crippen LogP contribution in [0.3, 0.4) is 0 Å². The second-order valence-corrected chi connectivity index (χ2v) is 6.59. The van der Waals surface area contributed by atoms with Crippen molar-refractivity contribution in [3.63, 3.8) is 0 Å². The van der Waals surface area contributed by atoms with Gasteiger partial charge in [0.1, 0.15) is 0 Å². The molecule has 0 saturated carbocycles. The molecule has 0 heterocycles. The van der Waals surface area contributed by atoms with Crippen LogP contribution < -0.4 is 10.5 Å². The van der Waals surface area contributed by atoms with E-state index in [2.05, 4.69) is 9.46 Å². The summed E-state index contributed by atoms with van der Waals surface area (Å²) in [6, 6.07) is -0.415. The summed E-state index contributed by atoms with van der Waals surface area (Å²) in [6.07, 6.45) is 0. The Morgan fingerprint density at radius 1 is 1.41 bits per heavy atom. The Morgan fingerprint density at radius 2 is 1.94 bits per heavy atom. The Labute approximate surface area is 103 Å². The van der Waals surface area contributed by atoms with E-state index in [9.17, 15) is 13.2 Å². The average Bonchev–Trinajstić information content (AvgIpc) is 2.11. The quantitative estimate of drug-likeness (QED) is 0.651. The minimum absolute atomic E-state index is 0.161. The number of nitrogens with one attached hydrogen (secondary N) is 1. The summed E-state index contributed by atoms with van der Waals surface area (Å²) in [5.41, 5.74) is 5.20. The van der Waals surface area contributed by atoms with Gasteiger partial charge in [-0.15, -0.1) is 0 Å². The fraction of sp³-hybridized carbons (Fsp3) is 0.900. The van der Waals surface area contributed by atoms with Crippen molar-refractivity contribution in [2.45, 2.75) is 33.7 Å². The van der Waals surface area contributed by atoms with E-state index in [1.807, 2.05) is 20.8 Å². The van der Waals surface area contributed by atoms with Gasteiger partial charge in [0.05, 0.1) is 6.61 Å². The first-order valence-electron chi connectivity index (χ1n) is 5.48. The lowest BCUT2D eigenvalue weighted by Crippen LogP contribution is -2.49. The highest BCUT2D eigenvalue weighted by atomic mass is 32.2. The molecule has 17 heavy (non-hydrogen) atoms. The number of rotatable bonds is 6. The van der Waals surface area contributed by atoms with E-state index in [4.69, 9.17) is 5.73 Å². The van der Waals surface area contributed by atoms with Crippen LogP contribution >= 0.6 is 0 Å². The van der Waals surface area contributed by atoms with Crippen molar-refractivity contribution >= 4 is 16.0 Å². The summed E-state index contributed by atoms with van der Waals surface area (Å²) < 4.78 is 30.3. The minimum atomic E-state index is -3.70. The van der Waals surface area contributed by atoms with Gasteiger partial charge in [-0.2, -0.15) is 0 Å². The lowest BCUT2D eigenvalue weighted by molar-refractivity contribution is -0.139. The molecule has 0 spiro atoms. The first kappa shape index (κ1) is 16.3. The van der Waals surface area contributed by atoms with Crippen LogP contribution in [0.2, 0.25) is 0 Å². The van der Waals surface area contributed by atoms with Gasteiger partial charge in [0.2, 0.25) is 10.0 Å². The van der Waals surface area contributed by atoms with E-state index in [1.165, 1.54) is 0 Å². The van der Waals surface area contributed by atoms with Crippen LogP contribution in [0.5, 0.6) is 0 Å². The Hall–Kier alpha value is -0.660. The molecule has 3 N–H and O–H groups in total. The maximum absolute atomic E-state index is 11.7. The van der Waals surface area contributed by atoms with Crippen LogP contribution in [0.4, 0.5) is 0 Å². The molecule has 0 aromatic rings. The van der Waals surface area contributed by atoms with Gasteiger partial charge in [0.15, 0.2) is 5.75 Å². The zero-order valence-corrected chi connectivity index (χ0v) is 11.6. The summed E-state index contributed by atoms with van der Waals surface area (Å²) in [4.78, 5) is 11.1. The third-order valence-corrected chi connectivity index (χ3v) is 3.48. The van der Waals surface area contributed by atoms with E-state index >= 15 is 0 Å². The lowest BCUT2D eigenvalue weighted by Gasteiger charge is -2.29. The first-order chi connectivity index (χ1) is 7.62.